The van der Waals surface area contributed by atoms with Gasteiger partial charge in [-0.2, -0.15) is 0 Å². The van der Waals surface area contributed by atoms with E-state index in [1.54, 1.807) is 7.11 Å². The minimum absolute atomic E-state index is 0.340. The van der Waals surface area contributed by atoms with Crippen LogP contribution in [0, 0.1) is 0 Å². The van der Waals surface area contributed by atoms with Crippen molar-refractivity contribution in [3.05, 3.63) is 120 Å². The van der Waals surface area contributed by atoms with Crippen molar-refractivity contribution in [2.45, 2.75) is 44.4 Å². The van der Waals surface area contributed by atoms with Crippen LogP contribution in [0.15, 0.2) is 103 Å². The molecule has 1 aliphatic rings. The Hall–Kier alpha value is -2.80. The van der Waals surface area contributed by atoms with E-state index in [0.29, 0.717) is 32.0 Å². The highest BCUT2D eigenvalue weighted by molar-refractivity contribution is 5.18. The summed E-state index contributed by atoms with van der Waals surface area (Å²) in [7, 11) is 1.61. The third-order valence-corrected chi connectivity index (χ3v) is 5.80. The summed E-state index contributed by atoms with van der Waals surface area (Å²) in [6.07, 6.45) is -1.79. The second-order valence-electron chi connectivity index (χ2n) is 8.30. The maximum absolute atomic E-state index is 6.40. The van der Waals surface area contributed by atoms with Gasteiger partial charge in [0, 0.05) is 12.7 Å². The molecule has 3 aromatic rings. The highest BCUT2D eigenvalue weighted by Gasteiger charge is 2.43. The molecule has 1 fully saturated rings. The summed E-state index contributed by atoms with van der Waals surface area (Å²) in [5.41, 5.74) is 3.96. The van der Waals surface area contributed by atoms with Gasteiger partial charge in [-0.1, -0.05) is 97.6 Å². The molecular weight excluding hydrogens is 428 g/mol. The van der Waals surface area contributed by atoms with Crippen molar-refractivity contribution in [3.63, 3.8) is 0 Å². The van der Waals surface area contributed by atoms with Crippen molar-refractivity contribution in [2.24, 2.45) is 0 Å². The van der Waals surface area contributed by atoms with Crippen LogP contribution in [0.5, 0.6) is 0 Å². The van der Waals surface area contributed by atoms with Gasteiger partial charge in [0.25, 0.3) is 0 Å². The molecule has 5 heteroatoms. The van der Waals surface area contributed by atoms with Crippen molar-refractivity contribution in [3.8, 4) is 0 Å². The second-order valence-corrected chi connectivity index (χ2v) is 8.30. The predicted octanol–water partition coefficient (Wildman–Crippen LogP) is 5.30. The lowest BCUT2D eigenvalue weighted by atomic mass is 9.97. The van der Waals surface area contributed by atoms with E-state index < -0.39 is 18.5 Å². The largest absolute Gasteiger partial charge is 0.374 e. The van der Waals surface area contributed by atoms with Crippen molar-refractivity contribution in [1.82, 2.24) is 0 Å². The van der Waals surface area contributed by atoms with Crippen molar-refractivity contribution < 1.29 is 23.7 Å². The maximum Gasteiger partial charge on any atom is 0.182 e. The molecule has 0 unspecified atom stereocenters. The van der Waals surface area contributed by atoms with E-state index in [2.05, 4.69) is 6.58 Å². The van der Waals surface area contributed by atoms with Crippen molar-refractivity contribution in [1.29, 1.82) is 0 Å². The average Bonchev–Trinajstić information content (AvgIpc) is 2.89. The summed E-state index contributed by atoms with van der Waals surface area (Å²) in [6.45, 7) is 5.92. The molecule has 0 saturated carbocycles. The van der Waals surface area contributed by atoms with Gasteiger partial charge in [-0.15, -0.1) is 0 Å². The maximum atomic E-state index is 6.40. The topological polar surface area (TPSA) is 46.2 Å². The molecular formula is C29H32O5. The number of ether oxygens (including phenoxy) is 5. The van der Waals surface area contributed by atoms with Crippen LogP contribution in [0.25, 0.3) is 0 Å². The van der Waals surface area contributed by atoms with Crippen LogP contribution < -0.4 is 0 Å². The van der Waals surface area contributed by atoms with Gasteiger partial charge in [0.2, 0.25) is 0 Å². The summed E-state index contributed by atoms with van der Waals surface area (Å²) >= 11 is 0. The van der Waals surface area contributed by atoms with Gasteiger partial charge in [-0.3, -0.25) is 0 Å². The number of methoxy groups -OCH3 is 1. The fourth-order valence-corrected chi connectivity index (χ4v) is 4.00. The third kappa shape index (κ3) is 6.63. The first-order valence-corrected chi connectivity index (χ1v) is 11.5. The molecule has 4 rings (SSSR count). The lowest BCUT2D eigenvalue weighted by molar-refractivity contribution is -0.243. The van der Waals surface area contributed by atoms with Crippen LogP contribution in [0.1, 0.15) is 16.7 Å². The molecule has 3 aromatic carbocycles. The minimum atomic E-state index is -0.595. The summed E-state index contributed by atoms with van der Waals surface area (Å²) in [6, 6.07) is 30.2. The summed E-state index contributed by atoms with van der Waals surface area (Å²) < 4.78 is 30.6. The Balaban J connectivity index is 1.49. The molecule has 0 aliphatic carbocycles. The zero-order valence-corrected chi connectivity index (χ0v) is 19.5. The summed E-state index contributed by atoms with van der Waals surface area (Å²) in [5, 5.41) is 0. The highest BCUT2D eigenvalue weighted by Crippen LogP contribution is 2.31. The monoisotopic (exact) mass is 460 g/mol. The lowest BCUT2D eigenvalue weighted by Crippen LogP contribution is -2.54. The normalized spacial score (nSPS) is 22.6. The summed E-state index contributed by atoms with van der Waals surface area (Å²) in [4.78, 5) is 0. The standard InChI is InChI=1S/C29H32O5/c1-22-27(32-19-24-14-8-4-9-15-24)28(33-20-25-16-10-5-11-17-25)26(34-29(22)30-2)21-31-18-23-12-6-3-7-13-23/h3-17,26-29H,1,18-21H2,2H3/t26-,27-,28-,29+/m1/s1. The Morgan fingerprint density at radius 1 is 0.706 bits per heavy atom. The molecule has 1 saturated heterocycles. The molecule has 5 nitrogen and oxygen atoms in total. The lowest BCUT2D eigenvalue weighted by Gasteiger charge is -2.42. The SMILES string of the molecule is C=C1[C@@H](OC)O[C@H](COCc2ccccc2)[C@@H](OCc2ccccc2)[C@@H]1OCc1ccccc1. The van der Waals surface area contributed by atoms with E-state index in [9.17, 15) is 0 Å². The Morgan fingerprint density at radius 3 is 1.74 bits per heavy atom. The zero-order valence-electron chi connectivity index (χ0n) is 19.5. The Labute approximate surface area is 201 Å². The molecule has 0 bridgehead atoms. The van der Waals surface area contributed by atoms with Crippen LogP contribution in [0.3, 0.4) is 0 Å². The fourth-order valence-electron chi connectivity index (χ4n) is 4.00. The smallest absolute Gasteiger partial charge is 0.182 e. The molecule has 0 aromatic heterocycles. The molecule has 34 heavy (non-hydrogen) atoms. The molecule has 0 spiro atoms. The first kappa shape index (κ1) is 24.3. The number of hydrogen-bond donors (Lipinski definition) is 0. The van der Waals surface area contributed by atoms with Crippen LogP contribution in [-0.4, -0.2) is 38.3 Å². The van der Waals surface area contributed by atoms with Crippen LogP contribution in [0.2, 0.25) is 0 Å². The zero-order chi connectivity index (χ0) is 23.6. The van der Waals surface area contributed by atoms with E-state index in [1.165, 1.54) is 0 Å². The van der Waals surface area contributed by atoms with Gasteiger partial charge in [0.05, 0.1) is 26.4 Å². The minimum Gasteiger partial charge on any atom is -0.374 e. The Bertz CT molecular complexity index is 993. The first-order chi connectivity index (χ1) is 16.7. The first-order valence-electron chi connectivity index (χ1n) is 11.5. The van der Waals surface area contributed by atoms with Crippen molar-refractivity contribution in [2.75, 3.05) is 13.7 Å². The van der Waals surface area contributed by atoms with E-state index in [-0.39, 0.29) is 6.10 Å². The van der Waals surface area contributed by atoms with E-state index in [4.69, 9.17) is 23.7 Å². The van der Waals surface area contributed by atoms with Crippen molar-refractivity contribution >= 4 is 0 Å². The molecule has 178 valence electrons. The fraction of sp³-hybridized carbons (Fsp3) is 0.310. The Morgan fingerprint density at radius 2 is 1.21 bits per heavy atom. The van der Waals surface area contributed by atoms with Gasteiger partial charge >= 0.3 is 0 Å². The number of rotatable bonds is 11. The van der Waals surface area contributed by atoms with Gasteiger partial charge in [-0.25, -0.2) is 0 Å². The van der Waals surface area contributed by atoms with Crippen LogP contribution in [-0.2, 0) is 43.5 Å². The van der Waals surface area contributed by atoms with E-state index in [0.717, 1.165) is 16.7 Å². The number of hydrogen-bond acceptors (Lipinski definition) is 5. The molecule has 1 aliphatic heterocycles. The molecule has 4 atom stereocenters. The molecule has 1 heterocycles. The summed E-state index contributed by atoms with van der Waals surface area (Å²) in [5.74, 6) is 0. The highest BCUT2D eigenvalue weighted by atomic mass is 16.7. The quantitative estimate of drug-likeness (QED) is 0.363. The average molecular weight is 461 g/mol. The van der Waals surface area contributed by atoms with Crippen LogP contribution in [0.4, 0.5) is 0 Å². The van der Waals surface area contributed by atoms with Gasteiger partial charge in [-0.05, 0) is 16.7 Å². The predicted molar refractivity (Wildman–Crippen MR) is 131 cm³/mol. The second kappa shape index (κ2) is 12.6. The number of benzene rings is 3. The molecule has 0 N–H and O–H groups in total. The Kier molecular flexibility index (Phi) is 9.02. The van der Waals surface area contributed by atoms with Crippen LogP contribution >= 0.6 is 0 Å². The molecule has 0 radical (unpaired) electrons. The van der Waals surface area contributed by atoms with Gasteiger partial charge < -0.3 is 23.7 Å². The molecule has 0 amide bonds. The van der Waals surface area contributed by atoms with E-state index >= 15 is 0 Å². The van der Waals surface area contributed by atoms with Gasteiger partial charge in [0.1, 0.15) is 18.3 Å². The third-order valence-electron chi connectivity index (χ3n) is 5.80. The van der Waals surface area contributed by atoms with Gasteiger partial charge in [0.15, 0.2) is 6.29 Å². The van der Waals surface area contributed by atoms with E-state index in [1.807, 2.05) is 91.0 Å².